The van der Waals surface area contributed by atoms with Gasteiger partial charge in [-0.2, -0.15) is 13.2 Å². The van der Waals surface area contributed by atoms with Crippen molar-refractivity contribution in [3.8, 4) is 0 Å². The lowest BCUT2D eigenvalue weighted by Gasteiger charge is -2.15. The molecule has 1 heterocycles. The predicted octanol–water partition coefficient (Wildman–Crippen LogP) is 1.23. The molecule has 0 bridgehead atoms. The SMILES string of the molecule is Nc1cc([C@@H](N)C(F)(F)F)ccn1. The number of rotatable bonds is 1. The Labute approximate surface area is 72.6 Å². The zero-order valence-corrected chi connectivity index (χ0v) is 6.55. The van der Waals surface area contributed by atoms with Gasteiger partial charge in [-0.3, -0.25) is 0 Å². The average molecular weight is 191 g/mol. The maximum atomic E-state index is 12.1. The van der Waals surface area contributed by atoms with Crippen molar-refractivity contribution in [2.75, 3.05) is 5.73 Å². The van der Waals surface area contributed by atoms with E-state index in [1.165, 1.54) is 12.3 Å². The van der Waals surface area contributed by atoms with Crippen LogP contribution in [0.1, 0.15) is 11.6 Å². The molecule has 1 aromatic rings. The Morgan fingerprint density at radius 3 is 2.46 bits per heavy atom. The van der Waals surface area contributed by atoms with Gasteiger partial charge in [0.05, 0.1) is 0 Å². The highest BCUT2D eigenvalue weighted by Crippen LogP contribution is 2.30. The van der Waals surface area contributed by atoms with E-state index >= 15 is 0 Å². The monoisotopic (exact) mass is 191 g/mol. The van der Waals surface area contributed by atoms with Gasteiger partial charge in [0.25, 0.3) is 0 Å². The Kier molecular flexibility index (Phi) is 2.42. The van der Waals surface area contributed by atoms with E-state index < -0.39 is 12.2 Å². The third-order valence-corrected chi connectivity index (χ3v) is 1.52. The second-order valence-corrected chi connectivity index (χ2v) is 2.53. The van der Waals surface area contributed by atoms with Gasteiger partial charge in [-0.05, 0) is 17.7 Å². The van der Waals surface area contributed by atoms with E-state index in [4.69, 9.17) is 11.5 Å². The normalized spacial score (nSPS) is 14.2. The fraction of sp³-hybridized carbons (Fsp3) is 0.286. The fourth-order valence-electron chi connectivity index (χ4n) is 0.848. The van der Waals surface area contributed by atoms with Gasteiger partial charge in [-0.15, -0.1) is 0 Å². The van der Waals surface area contributed by atoms with Gasteiger partial charge < -0.3 is 11.5 Å². The Morgan fingerprint density at radius 1 is 1.38 bits per heavy atom. The molecular weight excluding hydrogens is 183 g/mol. The van der Waals surface area contributed by atoms with Crippen LogP contribution in [0.25, 0.3) is 0 Å². The smallest absolute Gasteiger partial charge is 0.384 e. The number of halogens is 3. The molecule has 0 spiro atoms. The first-order valence-corrected chi connectivity index (χ1v) is 3.45. The van der Waals surface area contributed by atoms with Crippen LogP contribution in [0.3, 0.4) is 0 Å². The molecule has 1 rings (SSSR count). The molecule has 0 aliphatic rings. The van der Waals surface area contributed by atoms with E-state index in [1.807, 2.05) is 0 Å². The lowest BCUT2D eigenvalue weighted by atomic mass is 10.1. The standard InChI is InChI=1S/C7H8F3N3/c8-7(9,10)6(12)4-1-2-13-5(11)3-4/h1-3,6H,12H2,(H2,11,13)/t6-/m1/s1. The maximum Gasteiger partial charge on any atom is 0.407 e. The highest BCUT2D eigenvalue weighted by atomic mass is 19.4. The van der Waals surface area contributed by atoms with Gasteiger partial charge in [0.2, 0.25) is 0 Å². The Morgan fingerprint density at radius 2 is 2.00 bits per heavy atom. The summed E-state index contributed by atoms with van der Waals surface area (Å²) in [5.41, 5.74) is 10.1. The highest BCUT2D eigenvalue weighted by molar-refractivity contribution is 5.33. The lowest BCUT2D eigenvalue weighted by molar-refractivity contribution is -0.149. The molecule has 4 N–H and O–H groups in total. The van der Waals surface area contributed by atoms with Gasteiger partial charge >= 0.3 is 6.18 Å². The minimum absolute atomic E-state index is 0.0252. The summed E-state index contributed by atoms with van der Waals surface area (Å²) in [5, 5.41) is 0. The summed E-state index contributed by atoms with van der Waals surface area (Å²) in [7, 11) is 0. The van der Waals surface area contributed by atoms with Gasteiger partial charge in [0.15, 0.2) is 0 Å². The summed E-state index contributed by atoms with van der Waals surface area (Å²) < 4.78 is 36.2. The molecule has 0 radical (unpaired) electrons. The molecule has 0 saturated heterocycles. The van der Waals surface area contributed by atoms with E-state index in [1.54, 1.807) is 0 Å². The van der Waals surface area contributed by atoms with Crippen LogP contribution in [0.4, 0.5) is 19.0 Å². The summed E-state index contributed by atoms with van der Waals surface area (Å²) in [6, 6.07) is 0.296. The van der Waals surface area contributed by atoms with Crippen LogP contribution in [-0.4, -0.2) is 11.2 Å². The van der Waals surface area contributed by atoms with E-state index in [0.29, 0.717) is 0 Å². The van der Waals surface area contributed by atoms with E-state index in [-0.39, 0.29) is 11.4 Å². The number of hydrogen-bond donors (Lipinski definition) is 2. The lowest BCUT2D eigenvalue weighted by Crippen LogP contribution is -2.28. The topological polar surface area (TPSA) is 64.9 Å². The molecule has 1 aromatic heterocycles. The van der Waals surface area contributed by atoms with Crippen LogP contribution in [-0.2, 0) is 0 Å². The van der Waals surface area contributed by atoms with Crippen LogP contribution in [0.2, 0.25) is 0 Å². The Hall–Kier alpha value is -1.30. The summed E-state index contributed by atoms with van der Waals surface area (Å²) in [4.78, 5) is 3.56. The zero-order chi connectivity index (χ0) is 10.1. The van der Waals surface area contributed by atoms with E-state index in [0.717, 1.165) is 6.07 Å². The van der Waals surface area contributed by atoms with Gasteiger partial charge in [0, 0.05) is 6.20 Å². The van der Waals surface area contributed by atoms with Gasteiger partial charge in [-0.1, -0.05) is 0 Å². The van der Waals surface area contributed by atoms with Crippen molar-refractivity contribution in [3.63, 3.8) is 0 Å². The van der Waals surface area contributed by atoms with Crippen molar-refractivity contribution >= 4 is 5.82 Å². The molecule has 13 heavy (non-hydrogen) atoms. The third kappa shape index (κ3) is 2.32. The molecule has 0 aliphatic carbocycles. The molecule has 0 amide bonds. The molecule has 1 atom stereocenters. The average Bonchev–Trinajstić information content (AvgIpc) is 2.01. The van der Waals surface area contributed by atoms with Crippen LogP contribution in [0, 0.1) is 0 Å². The van der Waals surface area contributed by atoms with Crippen molar-refractivity contribution in [1.82, 2.24) is 4.98 Å². The molecule has 0 saturated carbocycles. The third-order valence-electron chi connectivity index (χ3n) is 1.52. The number of nitrogens with zero attached hydrogens (tertiary/aromatic N) is 1. The van der Waals surface area contributed by atoms with Crippen molar-refractivity contribution in [1.29, 1.82) is 0 Å². The number of nitrogen functional groups attached to an aromatic ring is 1. The summed E-state index contributed by atoms with van der Waals surface area (Å²) in [6.45, 7) is 0. The van der Waals surface area contributed by atoms with Crippen LogP contribution >= 0.6 is 0 Å². The Balaban J connectivity index is 2.96. The van der Waals surface area contributed by atoms with Crippen molar-refractivity contribution in [2.45, 2.75) is 12.2 Å². The summed E-state index contributed by atoms with van der Waals surface area (Å²) in [6.07, 6.45) is -3.26. The van der Waals surface area contributed by atoms with Crippen LogP contribution in [0.5, 0.6) is 0 Å². The molecular formula is C7H8F3N3. The first-order chi connectivity index (χ1) is 5.91. The molecule has 6 heteroatoms. The largest absolute Gasteiger partial charge is 0.407 e. The van der Waals surface area contributed by atoms with Crippen molar-refractivity contribution in [3.05, 3.63) is 23.9 Å². The number of aromatic nitrogens is 1. The van der Waals surface area contributed by atoms with Crippen molar-refractivity contribution < 1.29 is 13.2 Å². The maximum absolute atomic E-state index is 12.1. The molecule has 3 nitrogen and oxygen atoms in total. The first-order valence-electron chi connectivity index (χ1n) is 3.45. The molecule has 0 fully saturated rings. The summed E-state index contributed by atoms with van der Waals surface area (Å²) >= 11 is 0. The Bertz CT molecular complexity index is 297. The second kappa shape index (κ2) is 3.21. The van der Waals surface area contributed by atoms with Crippen LogP contribution in [0.15, 0.2) is 18.3 Å². The second-order valence-electron chi connectivity index (χ2n) is 2.53. The number of nitrogens with two attached hydrogens (primary N) is 2. The van der Waals surface area contributed by atoms with Gasteiger partial charge in [-0.25, -0.2) is 4.98 Å². The number of anilines is 1. The number of alkyl halides is 3. The highest BCUT2D eigenvalue weighted by Gasteiger charge is 2.37. The first kappa shape index (κ1) is 9.79. The van der Waals surface area contributed by atoms with Crippen molar-refractivity contribution in [2.24, 2.45) is 5.73 Å². The van der Waals surface area contributed by atoms with E-state index in [2.05, 4.69) is 4.98 Å². The minimum atomic E-state index is -4.45. The quantitative estimate of drug-likeness (QED) is 0.701. The summed E-state index contributed by atoms with van der Waals surface area (Å²) in [5.74, 6) is 0.0252. The van der Waals surface area contributed by atoms with Gasteiger partial charge in [0.1, 0.15) is 11.9 Å². The predicted molar refractivity (Wildman–Crippen MR) is 41.6 cm³/mol. The fourth-order valence-corrected chi connectivity index (χ4v) is 0.848. The number of pyridine rings is 1. The van der Waals surface area contributed by atoms with E-state index in [9.17, 15) is 13.2 Å². The molecule has 72 valence electrons. The molecule has 0 aromatic carbocycles. The van der Waals surface area contributed by atoms with Crippen LogP contribution < -0.4 is 11.5 Å². The number of hydrogen-bond acceptors (Lipinski definition) is 3. The zero-order valence-electron chi connectivity index (χ0n) is 6.55. The molecule has 0 aliphatic heterocycles. The minimum Gasteiger partial charge on any atom is -0.384 e. The molecule has 0 unspecified atom stereocenters.